The summed E-state index contributed by atoms with van der Waals surface area (Å²) in [5.74, 6) is -0.150. The van der Waals surface area contributed by atoms with Crippen LogP contribution in [0.4, 0.5) is 5.69 Å². The number of para-hydroxylation sites is 1. The molecule has 2 unspecified atom stereocenters. The first-order chi connectivity index (χ1) is 9.76. The molecular weight excluding hydrogens is 256 g/mol. The van der Waals surface area contributed by atoms with Gasteiger partial charge >= 0.3 is 0 Å². The maximum absolute atomic E-state index is 12.4. The Morgan fingerprint density at radius 3 is 2.95 bits per heavy atom. The molecule has 0 aliphatic carbocycles. The van der Waals surface area contributed by atoms with Crippen LogP contribution in [0.2, 0.25) is 0 Å². The lowest BCUT2D eigenvalue weighted by Crippen LogP contribution is -2.41. The van der Waals surface area contributed by atoms with Crippen LogP contribution < -0.4 is 10.6 Å². The average Bonchev–Trinajstić information content (AvgIpc) is 2.90. The zero-order valence-corrected chi connectivity index (χ0v) is 12.0. The molecule has 1 saturated heterocycles. The molecule has 5 heteroatoms. The molecule has 0 radical (unpaired) electrons. The van der Waals surface area contributed by atoms with Crippen LogP contribution in [0.1, 0.15) is 12.5 Å². The highest BCUT2D eigenvalue weighted by molar-refractivity contribution is 5.94. The van der Waals surface area contributed by atoms with E-state index in [9.17, 15) is 4.79 Å². The number of hydrogen-bond acceptors (Lipinski definition) is 4. The minimum atomic E-state index is -0.148. The first-order valence-corrected chi connectivity index (χ1v) is 6.95. The number of benzene rings is 1. The third kappa shape index (κ3) is 3.56. The highest BCUT2D eigenvalue weighted by atomic mass is 16.5. The second-order valence-corrected chi connectivity index (χ2v) is 4.89. The van der Waals surface area contributed by atoms with Crippen LogP contribution in [0.5, 0.6) is 0 Å². The number of nitrogens with one attached hydrogen (secondary N) is 2. The van der Waals surface area contributed by atoms with Crippen molar-refractivity contribution in [3.8, 4) is 0 Å². The summed E-state index contributed by atoms with van der Waals surface area (Å²) >= 11 is 0. The number of carbonyl (C=O) groups excluding carboxylic acids is 1. The molecule has 1 aromatic rings. The van der Waals surface area contributed by atoms with Crippen molar-refractivity contribution >= 4 is 11.6 Å². The van der Waals surface area contributed by atoms with Gasteiger partial charge < -0.3 is 20.1 Å². The third-order valence-electron chi connectivity index (χ3n) is 3.46. The van der Waals surface area contributed by atoms with Crippen molar-refractivity contribution in [1.82, 2.24) is 5.32 Å². The van der Waals surface area contributed by atoms with E-state index >= 15 is 0 Å². The lowest BCUT2D eigenvalue weighted by molar-refractivity contribution is -0.120. The highest BCUT2D eigenvalue weighted by Crippen LogP contribution is 2.20. The predicted octanol–water partition coefficient (Wildman–Crippen LogP) is 1.40. The average molecular weight is 278 g/mol. The van der Waals surface area contributed by atoms with Gasteiger partial charge in [0.15, 0.2) is 0 Å². The second kappa shape index (κ2) is 7.38. The molecule has 5 nitrogen and oxygen atoms in total. The van der Waals surface area contributed by atoms with E-state index in [0.717, 1.165) is 17.8 Å². The highest BCUT2D eigenvalue weighted by Gasteiger charge is 2.33. The maximum Gasteiger partial charge on any atom is 0.231 e. The monoisotopic (exact) mass is 278 g/mol. The number of methoxy groups -OCH3 is 1. The maximum atomic E-state index is 12.4. The van der Waals surface area contributed by atoms with Gasteiger partial charge in [-0.3, -0.25) is 4.79 Å². The van der Waals surface area contributed by atoms with Crippen LogP contribution in [0.3, 0.4) is 0 Å². The number of amides is 1. The molecule has 2 rings (SSSR count). The first kappa shape index (κ1) is 15.0. The van der Waals surface area contributed by atoms with Gasteiger partial charge in [-0.25, -0.2) is 0 Å². The van der Waals surface area contributed by atoms with E-state index in [4.69, 9.17) is 9.47 Å². The molecule has 0 aromatic heterocycles. The van der Waals surface area contributed by atoms with Gasteiger partial charge in [0.05, 0.1) is 25.7 Å². The lowest BCUT2D eigenvalue weighted by Gasteiger charge is -2.19. The number of rotatable bonds is 6. The molecule has 2 N–H and O–H groups in total. The Balaban J connectivity index is 2.04. The van der Waals surface area contributed by atoms with E-state index in [-0.39, 0.29) is 17.9 Å². The summed E-state index contributed by atoms with van der Waals surface area (Å²) < 4.78 is 10.6. The van der Waals surface area contributed by atoms with E-state index < -0.39 is 0 Å². The van der Waals surface area contributed by atoms with Gasteiger partial charge in [0.1, 0.15) is 0 Å². The van der Waals surface area contributed by atoms with Crippen LogP contribution in [0, 0.1) is 5.92 Å². The summed E-state index contributed by atoms with van der Waals surface area (Å²) in [5.41, 5.74) is 1.78. The number of likely N-dealkylation sites (N-methyl/N-ethyl adjacent to an activating group) is 1. The first-order valence-electron chi connectivity index (χ1n) is 6.95. The Kier molecular flexibility index (Phi) is 5.52. The van der Waals surface area contributed by atoms with Crippen LogP contribution in [-0.2, 0) is 20.9 Å². The summed E-state index contributed by atoms with van der Waals surface area (Å²) in [6.07, 6.45) is 0. The molecule has 1 aromatic carbocycles. The van der Waals surface area contributed by atoms with Gasteiger partial charge in [0.2, 0.25) is 5.91 Å². The SMILES string of the molecule is CCNC1COCC1C(=O)Nc1ccccc1COC. The smallest absolute Gasteiger partial charge is 0.231 e. The zero-order chi connectivity index (χ0) is 14.4. The molecule has 1 aliphatic heterocycles. The lowest BCUT2D eigenvalue weighted by atomic mass is 10.0. The van der Waals surface area contributed by atoms with Crippen molar-refractivity contribution in [2.24, 2.45) is 5.92 Å². The summed E-state index contributed by atoms with van der Waals surface area (Å²) in [6, 6.07) is 7.77. The number of carbonyl (C=O) groups is 1. The van der Waals surface area contributed by atoms with E-state index in [2.05, 4.69) is 10.6 Å². The minimum Gasteiger partial charge on any atom is -0.380 e. The van der Waals surface area contributed by atoms with E-state index in [1.54, 1.807) is 7.11 Å². The van der Waals surface area contributed by atoms with Crippen LogP contribution >= 0.6 is 0 Å². The molecule has 1 aliphatic rings. The second-order valence-electron chi connectivity index (χ2n) is 4.89. The van der Waals surface area contributed by atoms with Crippen molar-refractivity contribution in [1.29, 1.82) is 0 Å². The van der Waals surface area contributed by atoms with Crippen molar-refractivity contribution in [2.75, 3.05) is 32.2 Å². The van der Waals surface area contributed by atoms with E-state index in [1.807, 2.05) is 31.2 Å². The van der Waals surface area contributed by atoms with Crippen molar-refractivity contribution in [2.45, 2.75) is 19.6 Å². The quantitative estimate of drug-likeness (QED) is 0.825. The number of hydrogen-bond donors (Lipinski definition) is 2. The van der Waals surface area contributed by atoms with Gasteiger partial charge in [-0.2, -0.15) is 0 Å². The Hall–Kier alpha value is -1.43. The van der Waals surface area contributed by atoms with Crippen molar-refractivity contribution in [3.63, 3.8) is 0 Å². The van der Waals surface area contributed by atoms with Gasteiger partial charge in [-0.15, -0.1) is 0 Å². The van der Waals surface area contributed by atoms with Gasteiger partial charge in [0.25, 0.3) is 0 Å². The Bertz CT molecular complexity index is 450. The van der Waals surface area contributed by atoms with Crippen molar-refractivity contribution in [3.05, 3.63) is 29.8 Å². The molecule has 0 bridgehead atoms. The van der Waals surface area contributed by atoms with Gasteiger partial charge in [0, 0.05) is 24.4 Å². The fourth-order valence-electron chi connectivity index (χ4n) is 2.43. The standard InChI is InChI=1S/C15H22N2O3/c1-3-16-14-10-20-9-12(14)15(18)17-13-7-5-4-6-11(13)8-19-2/h4-7,12,14,16H,3,8-10H2,1-2H3,(H,17,18). The minimum absolute atomic E-state index is 0.00277. The summed E-state index contributed by atoms with van der Waals surface area (Å²) in [5, 5.41) is 6.28. The molecule has 110 valence electrons. The number of ether oxygens (including phenoxy) is 2. The fourth-order valence-corrected chi connectivity index (χ4v) is 2.43. The van der Waals surface area contributed by atoms with E-state index in [0.29, 0.717) is 19.8 Å². The molecule has 1 fully saturated rings. The Labute approximate surface area is 119 Å². The van der Waals surface area contributed by atoms with Crippen molar-refractivity contribution < 1.29 is 14.3 Å². The van der Waals surface area contributed by atoms with Crippen LogP contribution in [-0.4, -0.2) is 38.8 Å². The molecule has 20 heavy (non-hydrogen) atoms. The van der Waals surface area contributed by atoms with Gasteiger partial charge in [-0.1, -0.05) is 25.1 Å². The molecular formula is C15H22N2O3. The zero-order valence-electron chi connectivity index (χ0n) is 12.0. The summed E-state index contributed by atoms with van der Waals surface area (Å²) in [6.45, 7) is 4.40. The fraction of sp³-hybridized carbons (Fsp3) is 0.533. The number of anilines is 1. The third-order valence-corrected chi connectivity index (χ3v) is 3.46. The molecule has 1 amide bonds. The van der Waals surface area contributed by atoms with Crippen LogP contribution in [0.25, 0.3) is 0 Å². The normalized spacial score (nSPS) is 21.9. The molecule has 0 spiro atoms. The molecule has 1 heterocycles. The largest absolute Gasteiger partial charge is 0.380 e. The van der Waals surface area contributed by atoms with E-state index in [1.165, 1.54) is 0 Å². The summed E-state index contributed by atoms with van der Waals surface area (Å²) in [7, 11) is 1.64. The molecule has 2 atom stereocenters. The summed E-state index contributed by atoms with van der Waals surface area (Å²) in [4.78, 5) is 12.4. The predicted molar refractivity (Wildman–Crippen MR) is 77.6 cm³/mol. The molecule has 0 saturated carbocycles. The Morgan fingerprint density at radius 1 is 1.40 bits per heavy atom. The van der Waals surface area contributed by atoms with Crippen LogP contribution in [0.15, 0.2) is 24.3 Å². The van der Waals surface area contributed by atoms with Gasteiger partial charge in [-0.05, 0) is 12.6 Å². The topological polar surface area (TPSA) is 59.6 Å². The Morgan fingerprint density at radius 2 is 2.20 bits per heavy atom.